The molecule has 2 N–H and O–H groups in total. The van der Waals surface area contributed by atoms with Crippen LogP contribution in [0.25, 0.3) is 17.0 Å². The number of carboxylic acids is 1. The van der Waals surface area contributed by atoms with E-state index in [1.165, 1.54) is 23.1 Å². The Balaban J connectivity index is 1.78. The molecule has 9 nitrogen and oxygen atoms in total. The normalized spacial score (nSPS) is 12.9. The molecule has 3 aromatic heterocycles. The quantitative estimate of drug-likeness (QED) is 0.490. The Hall–Kier alpha value is -3.67. The molecule has 0 aliphatic carbocycles. The molecule has 1 unspecified atom stereocenters. The molecule has 4 rings (SSSR count). The fourth-order valence-corrected chi connectivity index (χ4v) is 3.30. The molecule has 160 valence electrons. The zero-order valence-electron chi connectivity index (χ0n) is 15.6. The van der Waals surface area contributed by atoms with E-state index in [1.807, 2.05) is 0 Å². The molecule has 0 aliphatic heterocycles. The number of benzene rings is 1. The van der Waals surface area contributed by atoms with Crippen molar-refractivity contribution in [1.29, 1.82) is 0 Å². The second kappa shape index (κ2) is 7.23. The SMILES string of the molecule is CC(c1ccc(Cl)c(C(F)(F)F)c1)n1ncc2nc(-n3cc(C(=O)O)cn3)[nH]c(=O)c21. The van der Waals surface area contributed by atoms with Crippen molar-refractivity contribution in [3.63, 3.8) is 0 Å². The van der Waals surface area contributed by atoms with Gasteiger partial charge < -0.3 is 5.11 Å². The third kappa shape index (κ3) is 3.65. The number of aromatic carboxylic acids is 1. The van der Waals surface area contributed by atoms with Crippen molar-refractivity contribution in [1.82, 2.24) is 29.5 Å². The summed E-state index contributed by atoms with van der Waals surface area (Å²) in [6.07, 6.45) is -1.08. The molecule has 0 amide bonds. The van der Waals surface area contributed by atoms with E-state index < -0.39 is 34.3 Å². The summed E-state index contributed by atoms with van der Waals surface area (Å²) in [5.41, 5.74) is -1.29. The summed E-state index contributed by atoms with van der Waals surface area (Å²) in [5.74, 6) is -1.24. The molecule has 3 heterocycles. The molecule has 0 saturated carbocycles. The van der Waals surface area contributed by atoms with Gasteiger partial charge in [-0.05, 0) is 24.6 Å². The highest BCUT2D eigenvalue weighted by atomic mass is 35.5. The molecule has 1 aromatic carbocycles. The topological polar surface area (TPSA) is 119 Å². The Kier molecular flexibility index (Phi) is 4.81. The van der Waals surface area contributed by atoms with Crippen molar-refractivity contribution in [3.05, 3.63) is 68.9 Å². The number of H-pyrrole nitrogens is 1. The van der Waals surface area contributed by atoms with E-state index in [4.69, 9.17) is 16.7 Å². The van der Waals surface area contributed by atoms with Gasteiger partial charge in [0.1, 0.15) is 5.52 Å². The zero-order chi connectivity index (χ0) is 22.5. The van der Waals surface area contributed by atoms with Gasteiger partial charge in [0, 0.05) is 6.20 Å². The second-order valence-corrected chi connectivity index (χ2v) is 7.01. The minimum Gasteiger partial charge on any atom is -0.478 e. The number of hydrogen-bond acceptors (Lipinski definition) is 5. The number of nitrogens with one attached hydrogen (secondary N) is 1. The van der Waals surface area contributed by atoms with E-state index in [0.29, 0.717) is 0 Å². The summed E-state index contributed by atoms with van der Waals surface area (Å²) in [4.78, 5) is 30.4. The number of carboxylic acid groups (broad SMARTS) is 1. The highest BCUT2D eigenvalue weighted by Crippen LogP contribution is 2.36. The Morgan fingerprint density at radius 1 is 1.26 bits per heavy atom. The van der Waals surface area contributed by atoms with Gasteiger partial charge in [-0.15, -0.1) is 0 Å². The van der Waals surface area contributed by atoms with E-state index in [2.05, 4.69) is 20.2 Å². The van der Waals surface area contributed by atoms with Gasteiger partial charge in [0.15, 0.2) is 5.52 Å². The van der Waals surface area contributed by atoms with Crippen LogP contribution in [0.3, 0.4) is 0 Å². The maximum Gasteiger partial charge on any atom is 0.417 e. The van der Waals surface area contributed by atoms with E-state index in [1.54, 1.807) is 6.92 Å². The largest absolute Gasteiger partial charge is 0.478 e. The Labute approximate surface area is 175 Å². The number of halogens is 4. The lowest BCUT2D eigenvalue weighted by atomic mass is 10.0. The number of carbonyl (C=O) groups is 1. The van der Waals surface area contributed by atoms with Crippen LogP contribution < -0.4 is 5.56 Å². The van der Waals surface area contributed by atoms with Gasteiger partial charge in [-0.25, -0.2) is 14.5 Å². The summed E-state index contributed by atoms with van der Waals surface area (Å²) in [7, 11) is 0. The minimum atomic E-state index is -4.63. The molecule has 1 atom stereocenters. The minimum absolute atomic E-state index is 0.0328. The number of nitrogens with zero attached hydrogens (tertiary/aromatic N) is 5. The van der Waals surface area contributed by atoms with Gasteiger partial charge in [-0.3, -0.25) is 14.5 Å². The van der Waals surface area contributed by atoms with E-state index in [0.717, 1.165) is 23.0 Å². The molecule has 0 saturated heterocycles. The lowest BCUT2D eigenvalue weighted by Gasteiger charge is -2.16. The van der Waals surface area contributed by atoms with Crippen LogP contribution in [-0.4, -0.2) is 40.6 Å². The van der Waals surface area contributed by atoms with Crippen LogP contribution >= 0.6 is 11.6 Å². The van der Waals surface area contributed by atoms with Crippen LogP contribution in [0, 0.1) is 0 Å². The first kappa shape index (κ1) is 20.6. The summed E-state index contributed by atoms with van der Waals surface area (Å²) >= 11 is 5.68. The lowest BCUT2D eigenvalue weighted by molar-refractivity contribution is -0.137. The van der Waals surface area contributed by atoms with Crippen molar-refractivity contribution in [3.8, 4) is 5.95 Å². The molecule has 4 aromatic rings. The molecule has 0 fully saturated rings. The van der Waals surface area contributed by atoms with Crippen LogP contribution in [0.4, 0.5) is 13.2 Å². The molecule has 0 spiro atoms. The number of aromatic nitrogens is 6. The maximum absolute atomic E-state index is 13.2. The summed E-state index contributed by atoms with van der Waals surface area (Å²) < 4.78 is 41.9. The average Bonchev–Trinajstić information content (AvgIpc) is 3.34. The van der Waals surface area contributed by atoms with Crippen LogP contribution in [0.2, 0.25) is 5.02 Å². The van der Waals surface area contributed by atoms with Crippen molar-refractivity contribution < 1.29 is 23.1 Å². The zero-order valence-corrected chi connectivity index (χ0v) is 16.3. The lowest BCUT2D eigenvalue weighted by Crippen LogP contribution is -2.19. The molecule has 0 aliphatic rings. The van der Waals surface area contributed by atoms with Crippen molar-refractivity contribution >= 4 is 28.6 Å². The first-order chi connectivity index (χ1) is 14.6. The van der Waals surface area contributed by atoms with Gasteiger partial charge in [0.05, 0.1) is 34.6 Å². The first-order valence-electron chi connectivity index (χ1n) is 8.69. The van der Waals surface area contributed by atoms with E-state index in [9.17, 15) is 22.8 Å². The summed E-state index contributed by atoms with van der Waals surface area (Å²) in [6.45, 7) is 1.58. The Morgan fingerprint density at radius 2 is 2.00 bits per heavy atom. The van der Waals surface area contributed by atoms with Crippen LogP contribution in [0.1, 0.15) is 34.5 Å². The van der Waals surface area contributed by atoms with Crippen molar-refractivity contribution in [2.45, 2.75) is 19.1 Å². The van der Waals surface area contributed by atoms with Gasteiger partial charge in [0.25, 0.3) is 5.56 Å². The second-order valence-electron chi connectivity index (χ2n) is 6.60. The standard InChI is InChI=1S/C18H12ClF3N6O3/c1-8(9-2-3-12(19)11(4-9)18(20,21)22)28-14-13(6-24-28)25-17(26-15(14)29)27-7-10(5-23-27)16(30)31/h2-8H,1H3,(H,30,31)(H,25,26,29). The van der Waals surface area contributed by atoms with Crippen LogP contribution in [-0.2, 0) is 6.18 Å². The predicted octanol–water partition coefficient (Wildman–Crippen LogP) is 3.29. The molecule has 31 heavy (non-hydrogen) atoms. The summed E-state index contributed by atoms with van der Waals surface area (Å²) in [6, 6.07) is 2.73. The first-order valence-corrected chi connectivity index (χ1v) is 9.06. The number of alkyl halides is 3. The van der Waals surface area contributed by atoms with Crippen LogP contribution in [0.5, 0.6) is 0 Å². The molecule has 13 heteroatoms. The Bertz CT molecular complexity index is 1370. The van der Waals surface area contributed by atoms with Gasteiger partial charge in [-0.2, -0.15) is 23.4 Å². The van der Waals surface area contributed by atoms with E-state index >= 15 is 0 Å². The smallest absolute Gasteiger partial charge is 0.417 e. The number of fused-ring (bicyclic) bond motifs is 1. The highest BCUT2D eigenvalue weighted by Gasteiger charge is 2.34. The third-order valence-corrected chi connectivity index (χ3v) is 4.96. The van der Waals surface area contributed by atoms with Crippen molar-refractivity contribution in [2.75, 3.05) is 0 Å². The average molecular weight is 453 g/mol. The third-order valence-electron chi connectivity index (χ3n) is 4.63. The molecular weight excluding hydrogens is 441 g/mol. The molecular formula is C18H12ClF3N6O3. The molecule has 0 bridgehead atoms. The predicted molar refractivity (Wildman–Crippen MR) is 102 cm³/mol. The molecule has 0 radical (unpaired) electrons. The van der Waals surface area contributed by atoms with Gasteiger partial charge in [0.2, 0.25) is 5.95 Å². The fourth-order valence-electron chi connectivity index (χ4n) is 3.07. The fraction of sp³-hybridized carbons (Fsp3) is 0.167. The van der Waals surface area contributed by atoms with E-state index in [-0.39, 0.29) is 28.1 Å². The van der Waals surface area contributed by atoms with Gasteiger partial charge >= 0.3 is 12.1 Å². The summed E-state index contributed by atoms with van der Waals surface area (Å²) in [5, 5.41) is 16.5. The van der Waals surface area contributed by atoms with Crippen molar-refractivity contribution in [2.24, 2.45) is 0 Å². The number of hydrogen-bond donors (Lipinski definition) is 2. The Morgan fingerprint density at radius 3 is 2.65 bits per heavy atom. The maximum atomic E-state index is 13.2. The number of rotatable bonds is 4. The number of aromatic amines is 1. The highest BCUT2D eigenvalue weighted by molar-refractivity contribution is 6.31. The monoisotopic (exact) mass is 452 g/mol. The van der Waals surface area contributed by atoms with Gasteiger partial charge in [-0.1, -0.05) is 17.7 Å². The van der Waals surface area contributed by atoms with Crippen LogP contribution in [0.15, 0.2) is 41.6 Å².